The van der Waals surface area contributed by atoms with Crippen LogP contribution in [0.25, 0.3) is 0 Å². The van der Waals surface area contributed by atoms with Gasteiger partial charge in [0.1, 0.15) is 0 Å². The minimum absolute atomic E-state index is 0. The normalized spacial score (nSPS) is 19.4. The van der Waals surface area contributed by atoms with E-state index in [2.05, 4.69) is 71.3 Å². The van der Waals surface area contributed by atoms with Crippen LogP contribution in [0, 0.1) is 0 Å². The van der Waals surface area contributed by atoms with Gasteiger partial charge in [-0.3, -0.25) is 14.8 Å². The van der Waals surface area contributed by atoms with Crippen LogP contribution in [-0.4, -0.2) is 61.1 Å². The smallest absolute Gasteiger partial charge is 0.188 e. The summed E-state index contributed by atoms with van der Waals surface area (Å²) in [6.07, 6.45) is 3.57. The molecular formula is C20H36IN5. The second-order valence-electron chi connectivity index (χ2n) is 7.12. The Morgan fingerprint density at radius 3 is 2.81 bits per heavy atom. The zero-order valence-electron chi connectivity index (χ0n) is 16.5. The molecule has 1 aliphatic rings. The number of benzene rings is 1. The molecule has 0 aliphatic carbocycles. The topological polar surface area (TPSA) is 56.9 Å². The average Bonchev–Trinajstić information content (AvgIpc) is 3.08. The monoisotopic (exact) mass is 473 g/mol. The molecule has 2 atom stereocenters. The van der Waals surface area contributed by atoms with Gasteiger partial charge in [0, 0.05) is 25.2 Å². The van der Waals surface area contributed by atoms with E-state index in [1.54, 1.807) is 0 Å². The number of nitrogens with zero attached hydrogens (tertiary/aromatic N) is 3. The SMILES string of the molecule is CCN1CCCC1CN=C(N)NCCC(C)N(C)Cc1ccccc1.I. The Balaban J connectivity index is 0.00000338. The molecule has 3 N–H and O–H groups in total. The Morgan fingerprint density at radius 2 is 2.12 bits per heavy atom. The molecule has 148 valence electrons. The molecule has 0 bridgehead atoms. The maximum Gasteiger partial charge on any atom is 0.188 e. The van der Waals surface area contributed by atoms with E-state index >= 15 is 0 Å². The van der Waals surface area contributed by atoms with E-state index in [1.165, 1.54) is 24.9 Å². The Morgan fingerprint density at radius 1 is 1.38 bits per heavy atom. The summed E-state index contributed by atoms with van der Waals surface area (Å²) in [7, 11) is 2.18. The van der Waals surface area contributed by atoms with Gasteiger partial charge in [-0.05, 0) is 51.9 Å². The molecular weight excluding hydrogens is 437 g/mol. The molecule has 1 saturated heterocycles. The standard InChI is InChI=1S/C20H35N5.HI/c1-4-25-14-8-11-19(25)15-23-20(21)22-13-12-17(2)24(3)16-18-9-6-5-7-10-18;/h5-7,9-10,17,19H,4,8,11-16H2,1-3H3,(H3,21,22,23);1H. The molecule has 6 heteroatoms. The highest BCUT2D eigenvalue weighted by Gasteiger charge is 2.22. The first kappa shape index (κ1) is 23.2. The van der Waals surface area contributed by atoms with Crippen LogP contribution in [0.15, 0.2) is 35.3 Å². The largest absolute Gasteiger partial charge is 0.370 e. The quantitative estimate of drug-likeness (QED) is 0.329. The number of likely N-dealkylation sites (N-methyl/N-ethyl adjacent to an activating group) is 1. The fourth-order valence-corrected chi connectivity index (χ4v) is 3.43. The van der Waals surface area contributed by atoms with Crippen LogP contribution in [0.4, 0.5) is 0 Å². The van der Waals surface area contributed by atoms with E-state index in [4.69, 9.17) is 5.73 Å². The zero-order chi connectivity index (χ0) is 18.1. The van der Waals surface area contributed by atoms with Crippen LogP contribution >= 0.6 is 24.0 Å². The molecule has 1 aromatic carbocycles. The van der Waals surface area contributed by atoms with Crippen LogP contribution in [0.2, 0.25) is 0 Å². The van der Waals surface area contributed by atoms with Crippen molar-refractivity contribution in [2.45, 2.75) is 51.7 Å². The van der Waals surface area contributed by atoms with Crippen LogP contribution in [-0.2, 0) is 6.54 Å². The van der Waals surface area contributed by atoms with Crippen molar-refractivity contribution in [3.8, 4) is 0 Å². The van der Waals surface area contributed by atoms with Crippen molar-refractivity contribution in [3.05, 3.63) is 35.9 Å². The zero-order valence-corrected chi connectivity index (χ0v) is 18.9. The van der Waals surface area contributed by atoms with Gasteiger partial charge in [-0.2, -0.15) is 0 Å². The van der Waals surface area contributed by atoms with E-state index in [0.29, 0.717) is 18.0 Å². The van der Waals surface area contributed by atoms with Gasteiger partial charge in [-0.25, -0.2) is 0 Å². The van der Waals surface area contributed by atoms with E-state index in [9.17, 15) is 0 Å². The molecule has 26 heavy (non-hydrogen) atoms. The number of nitrogens with one attached hydrogen (secondary N) is 1. The number of halogens is 1. The Bertz CT molecular complexity index is 522. The number of likely N-dealkylation sites (tertiary alicyclic amines) is 1. The second kappa shape index (κ2) is 12.5. The van der Waals surface area contributed by atoms with Crippen molar-refractivity contribution in [3.63, 3.8) is 0 Å². The van der Waals surface area contributed by atoms with E-state index in [0.717, 1.165) is 32.6 Å². The third-order valence-corrected chi connectivity index (χ3v) is 5.27. The van der Waals surface area contributed by atoms with Gasteiger partial charge in [0.2, 0.25) is 0 Å². The average molecular weight is 473 g/mol. The maximum absolute atomic E-state index is 6.03. The third kappa shape index (κ3) is 7.80. The Labute approximate surface area is 176 Å². The molecule has 0 saturated carbocycles. The van der Waals surface area contributed by atoms with Crippen molar-refractivity contribution in [2.75, 3.05) is 33.2 Å². The molecule has 1 fully saturated rings. The van der Waals surface area contributed by atoms with Gasteiger partial charge in [0.15, 0.2) is 5.96 Å². The van der Waals surface area contributed by atoms with Gasteiger partial charge < -0.3 is 11.1 Å². The van der Waals surface area contributed by atoms with Gasteiger partial charge in [0.25, 0.3) is 0 Å². The van der Waals surface area contributed by atoms with E-state index in [1.807, 2.05) is 0 Å². The first-order valence-corrected chi connectivity index (χ1v) is 9.62. The first-order chi connectivity index (χ1) is 12.1. The van der Waals surface area contributed by atoms with Gasteiger partial charge >= 0.3 is 0 Å². The molecule has 2 unspecified atom stereocenters. The number of aliphatic imine (C=N–C) groups is 1. The Kier molecular flexibility index (Phi) is 11.2. The summed E-state index contributed by atoms with van der Waals surface area (Å²) < 4.78 is 0. The number of guanidine groups is 1. The number of hydrogen-bond donors (Lipinski definition) is 2. The highest BCUT2D eigenvalue weighted by molar-refractivity contribution is 14.0. The number of rotatable bonds is 9. The minimum Gasteiger partial charge on any atom is -0.370 e. The number of nitrogens with two attached hydrogens (primary N) is 1. The fraction of sp³-hybridized carbons (Fsp3) is 0.650. The molecule has 5 nitrogen and oxygen atoms in total. The van der Waals surface area contributed by atoms with E-state index < -0.39 is 0 Å². The van der Waals surface area contributed by atoms with Gasteiger partial charge in [-0.1, -0.05) is 37.3 Å². The van der Waals surface area contributed by atoms with Gasteiger partial charge in [0.05, 0.1) is 6.54 Å². The second-order valence-corrected chi connectivity index (χ2v) is 7.12. The lowest BCUT2D eigenvalue weighted by Gasteiger charge is -2.25. The summed E-state index contributed by atoms with van der Waals surface area (Å²) in [6, 6.07) is 11.7. The third-order valence-electron chi connectivity index (χ3n) is 5.27. The molecule has 0 aromatic heterocycles. The predicted octanol–water partition coefficient (Wildman–Crippen LogP) is 2.90. The lowest BCUT2D eigenvalue weighted by atomic mass is 10.1. The van der Waals surface area contributed by atoms with Crippen molar-refractivity contribution in [1.29, 1.82) is 0 Å². The predicted molar refractivity (Wildman–Crippen MR) is 122 cm³/mol. The minimum atomic E-state index is 0. The lowest BCUT2D eigenvalue weighted by Crippen LogP contribution is -2.38. The molecule has 1 aliphatic heterocycles. The summed E-state index contributed by atoms with van der Waals surface area (Å²) in [5.74, 6) is 0.584. The van der Waals surface area contributed by atoms with Crippen LogP contribution in [0.1, 0.15) is 38.7 Å². The molecule has 1 aromatic rings. The molecule has 0 radical (unpaired) electrons. The van der Waals surface area contributed by atoms with Crippen molar-refractivity contribution in [1.82, 2.24) is 15.1 Å². The van der Waals surface area contributed by atoms with Crippen LogP contribution < -0.4 is 11.1 Å². The Hall–Kier alpha value is -0.860. The molecule has 1 heterocycles. The maximum atomic E-state index is 6.03. The van der Waals surface area contributed by atoms with Crippen molar-refractivity contribution < 1.29 is 0 Å². The van der Waals surface area contributed by atoms with Crippen LogP contribution in [0.3, 0.4) is 0 Å². The summed E-state index contributed by atoms with van der Waals surface area (Å²) in [5, 5.41) is 3.27. The summed E-state index contributed by atoms with van der Waals surface area (Å²) in [4.78, 5) is 9.42. The van der Waals surface area contributed by atoms with Crippen molar-refractivity contribution in [2.24, 2.45) is 10.7 Å². The molecule has 0 spiro atoms. The van der Waals surface area contributed by atoms with Gasteiger partial charge in [-0.15, -0.1) is 24.0 Å². The summed E-state index contributed by atoms with van der Waals surface area (Å²) in [6.45, 7) is 9.44. The van der Waals surface area contributed by atoms with E-state index in [-0.39, 0.29) is 24.0 Å². The molecule has 2 rings (SSSR count). The van der Waals surface area contributed by atoms with Crippen molar-refractivity contribution >= 4 is 29.9 Å². The number of hydrogen-bond acceptors (Lipinski definition) is 3. The summed E-state index contributed by atoms with van der Waals surface area (Å²) in [5.41, 5.74) is 7.38. The lowest BCUT2D eigenvalue weighted by molar-refractivity contribution is 0.238. The first-order valence-electron chi connectivity index (χ1n) is 9.62. The summed E-state index contributed by atoms with van der Waals surface area (Å²) >= 11 is 0. The highest BCUT2D eigenvalue weighted by atomic mass is 127. The van der Waals surface area contributed by atoms with Crippen LogP contribution in [0.5, 0.6) is 0 Å². The fourth-order valence-electron chi connectivity index (χ4n) is 3.43. The molecule has 0 amide bonds. The highest BCUT2D eigenvalue weighted by Crippen LogP contribution is 2.16.